The lowest BCUT2D eigenvalue weighted by Crippen LogP contribution is -1.81. The fourth-order valence-electron chi connectivity index (χ4n) is 1.36. The van der Waals surface area contributed by atoms with E-state index < -0.39 is 0 Å². The first-order chi connectivity index (χ1) is 6.22. The molecule has 0 unspecified atom stereocenters. The number of hydrogen-bond donors (Lipinski definition) is 1. The lowest BCUT2D eigenvalue weighted by molar-refractivity contribution is 1.19. The van der Waals surface area contributed by atoms with E-state index in [4.69, 9.17) is 17.3 Å². The molecular weight excluding hydrogens is 202 g/mol. The summed E-state index contributed by atoms with van der Waals surface area (Å²) in [4.78, 5) is 1.24. The monoisotopic (exact) mass is 211 g/mol. The van der Waals surface area contributed by atoms with Crippen LogP contribution in [0.1, 0.15) is 11.8 Å². The van der Waals surface area contributed by atoms with E-state index in [0.29, 0.717) is 0 Å². The minimum Gasteiger partial charge on any atom is -0.399 e. The van der Waals surface area contributed by atoms with E-state index >= 15 is 0 Å². The lowest BCUT2D eigenvalue weighted by atomic mass is 10.2. The molecule has 0 aliphatic heterocycles. The fraction of sp³-hybridized carbons (Fsp3) is 0.200. The summed E-state index contributed by atoms with van der Waals surface area (Å²) < 4.78 is 1.18. The van der Waals surface area contributed by atoms with Crippen LogP contribution in [0.3, 0.4) is 0 Å². The summed E-state index contributed by atoms with van der Waals surface area (Å²) in [6, 6.07) is 5.86. The molecule has 13 heavy (non-hydrogen) atoms. The van der Waals surface area contributed by atoms with Crippen molar-refractivity contribution >= 4 is 38.7 Å². The van der Waals surface area contributed by atoms with Gasteiger partial charge in [-0.05, 0) is 24.6 Å². The molecule has 0 atom stereocenters. The molecule has 1 nitrogen and oxygen atoms in total. The molecule has 1 aromatic carbocycles. The number of halogens is 1. The van der Waals surface area contributed by atoms with E-state index in [9.17, 15) is 0 Å². The average molecular weight is 212 g/mol. The Labute approximate surface area is 86.1 Å². The number of thiophene rings is 1. The minimum absolute atomic E-state index is 0.799. The van der Waals surface area contributed by atoms with Crippen LogP contribution < -0.4 is 5.73 Å². The second-order valence-electron chi connectivity index (χ2n) is 2.95. The Morgan fingerprint density at radius 2 is 2.23 bits per heavy atom. The summed E-state index contributed by atoms with van der Waals surface area (Å²) in [6.07, 6.45) is 0.984. The van der Waals surface area contributed by atoms with Crippen molar-refractivity contribution in [3.63, 3.8) is 0 Å². The van der Waals surface area contributed by atoms with Gasteiger partial charge in [0, 0.05) is 20.7 Å². The minimum atomic E-state index is 0.799. The Morgan fingerprint density at radius 3 is 2.92 bits per heavy atom. The molecule has 2 N–H and O–H groups in total. The first-order valence-corrected chi connectivity index (χ1v) is 5.38. The Balaban J connectivity index is 2.76. The maximum Gasteiger partial charge on any atom is 0.0623 e. The number of anilines is 1. The molecule has 0 amide bonds. The lowest BCUT2D eigenvalue weighted by Gasteiger charge is -1.92. The van der Waals surface area contributed by atoms with E-state index in [0.717, 1.165) is 22.5 Å². The molecular formula is C10H10ClNS. The second-order valence-corrected chi connectivity index (χ2v) is 4.46. The summed E-state index contributed by atoms with van der Waals surface area (Å²) in [5, 5.41) is 2.01. The Morgan fingerprint density at radius 1 is 1.46 bits per heavy atom. The van der Waals surface area contributed by atoms with Gasteiger partial charge in [0.25, 0.3) is 0 Å². The summed E-state index contributed by atoms with van der Waals surface area (Å²) in [6.45, 7) is 2.11. The van der Waals surface area contributed by atoms with Gasteiger partial charge >= 0.3 is 0 Å². The van der Waals surface area contributed by atoms with Crippen LogP contribution in [0, 0.1) is 0 Å². The number of nitrogen functional groups attached to an aromatic ring is 1. The average Bonchev–Trinajstić information content (AvgIpc) is 2.42. The SMILES string of the molecule is CCc1sc2cc(N)ccc2c1Cl. The summed E-state index contributed by atoms with van der Waals surface area (Å²) in [5.41, 5.74) is 6.49. The van der Waals surface area contributed by atoms with Crippen molar-refractivity contribution in [1.82, 2.24) is 0 Å². The predicted molar refractivity (Wildman–Crippen MR) is 60.6 cm³/mol. The van der Waals surface area contributed by atoms with Crippen LogP contribution in [0.4, 0.5) is 5.69 Å². The van der Waals surface area contributed by atoms with E-state index in [2.05, 4.69) is 6.92 Å². The fourth-order valence-corrected chi connectivity index (χ4v) is 2.91. The third kappa shape index (κ3) is 1.40. The molecule has 0 fully saturated rings. The Bertz CT molecular complexity index is 447. The zero-order valence-electron chi connectivity index (χ0n) is 7.30. The predicted octanol–water partition coefficient (Wildman–Crippen LogP) is 3.70. The quantitative estimate of drug-likeness (QED) is 0.716. The molecule has 0 aliphatic rings. The number of nitrogens with two attached hydrogens (primary N) is 1. The maximum atomic E-state index is 6.18. The molecule has 0 aliphatic carbocycles. The smallest absolute Gasteiger partial charge is 0.0623 e. The normalized spacial score (nSPS) is 10.9. The first-order valence-electron chi connectivity index (χ1n) is 4.18. The molecule has 2 aromatic rings. The number of hydrogen-bond acceptors (Lipinski definition) is 2. The summed E-state index contributed by atoms with van der Waals surface area (Å²) in [5.74, 6) is 0. The van der Waals surface area contributed by atoms with E-state index in [1.165, 1.54) is 9.58 Å². The number of fused-ring (bicyclic) bond motifs is 1. The number of aryl methyl sites for hydroxylation is 1. The van der Waals surface area contributed by atoms with Crippen LogP contribution in [0.25, 0.3) is 10.1 Å². The highest BCUT2D eigenvalue weighted by atomic mass is 35.5. The largest absolute Gasteiger partial charge is 0.399 e. The topological polar surface area (TPSA) is 26.0 Å². The second kappa shape index (κ2) is 3.20. The van der Waals surface area contributed by atoms with Crippen LogP contribution in [-0.2, 0) is 6.42 Å². The highest BCUT2D eigenvalue weighted by molar-refractivity contribution is 7.19. The van der Waals surface area contributed by atoms with Gasteiger partial charge in [-0.3, -0.25) is 0 Å². The molecule has 2 rings (SSSR count). The Kier molecular flexibility index (Phi) is 2.18. The van der Waals surface area contributed by atoms with Crippen molar-refractivity contribution in [2.75, 3.05) is 5.73 Å². The zero-order valence-corrected chi connectivity index (χ0v) is 8.88. The van der Waals surface area contributed by atoms with Gasteiger partial charge in [0.1, 0.15) is 0 Å². The van der Waals surface area contributed by atoms with Crippen LogP contribution in [0.2, 0.25) is 5.02 Å². The third-order valence-electron chi connectivity index (χ3n) is 2.04. The van der Waals surface area contributed by atoms with E-state index in [-0.39, 0.29) is 0 Å². The highest BCUT2D eigenvalue weighted by Crippen LogP contribution is 2.36. The van der Waals surface area contributed by atoms with Gasteiger partial charge in [0.05, 0.1) is 5.02 Å². The van der Waals surface area contributed by atoms with Gasteiger partial charge in [-0.1, -0.05) is 18.5 Å². The van der Waals surface area contributed by atoms with Gasteiger partial charge < -0.3 is 5.73 Å². The molecule has 0 radical (unpaired) electrons. The van der Waals surface area contributed by atoms with Crippen molar-refractivity contribution in [1.29, 1.82) is 0 Å². The van der Waals surface area contributed by atoms with Gasteiger partial charge in [-0.2, -0.15) is 0 Å². The summed E-state index contributed by atoms with van der Waals surface area (Å²) in [7, 11) is 0. The van der Waals surface area contributed by atoms with Crippen LogP contribution in [-0.4, -0.2) is 0 Å². The van der Waals surface area contributed by atoms with Gasteiger partial charge in [0.15, 0.2) is 0 Å². The highest BCUT2D eigenvalue weighted by Gasteiger charge is 2.07. The molecule has 0 saturated carbocycles. The third-order valence-corrected chi connectivity index (χ3v) is 3.88. The molecule has 1 heterocycles. The van der Waals surface area contributed by atoms with Crippen molar-refractivity contribution in [3.05, 3.63) is 28.1 Å². The van der Waals surface area contributed by atoms with Gasteiger partial charge in [-0.15, -0.1) is 11.3 Å². The molecule has 0 bridgehead atoms. The van der Waals surface area contributed by atoms with E-state index in [1.807, 2.05) is 18.2 Å². The van der Waals surface area contributed by atoms with Crippen LogP contribution in [0.5, 0.6) is 0 Å². The Hall–Kier alpha value is -0.730. The van der Waals surface area contributed by atoms with Crippen molar-refractivity contribution in [2.24, 2.45) is 0 Å². The first kappa shape index (κ1) is 8.85. The maximum absolute atomic E-state index is 6.18. The van der Waals surface area contributed by atoms with Crippen LogP contribution in [0.15, 0.2) is 18.2 Å². The van der Waals surface area contributed by atoms with Crippen molar-refractivity contribution in [3.8, 4) is 0 Å². The van der Waals surface area contributed by atoms with Gasteiger partial charge in [-0.25, -0.2) is 0 Å². The van der Waals surface area contributed by atoms with Crippen molar-refractivity contribution < 1.29 is 0 Å². The molecule has 3 heteroatoms. The summed E-state index contributed by atoms with van der Waals surface area (Å²) >= 11 is 7.91. The molecule has 68 valence electrons. The molecule has 0 spiro atoms. The van der Waals surface area contributed by atoms with Crippen molar-refractivity contribution in [2.45, 2.75) is 13.3 Å². The van der Waals surface area contributed by atoms with E-state index in [1.54, 1.807) is 11.3 Å². The molecule has 1 aromatic heterocycles. The van der Waals surface area contributed by atoms with Gasteiger partial charge in [0.2, 0.25) is 0 Å². The standard InChI is InChI=1S/C10H10ClNS/c1-2-8-10(11)7-4-3-6(12)5-9(7)13-8/h3-5H,2,12H2,1H3. The number of rotatable bonds is 1. The molecule has 0 saturated heterocycles. The number of benzene rings is 1. The zero-order chi connectivity index (χ0) is 9.42. The van der Waals surface area contributed by atoms with Crippen LogP contribution >= 0.6 is 22.9 Å².